The van der Waals surface area contributed by atoms with Crippen molar-refractivity contribution in [1.29, 1.82) is 0 Å². The first-order valence-corrected chi connectivity index (χ1v) is 10.6. The number of methoxy groups -OCH3 is 1. The molecule has 0 aliphatic carbocycles. The monoisotopic (exact) mass is 471 g/mol. The number of aromatic nitrogens is 5. The molecule has 7 nitrogen and oxygen atoms in total. The van der Waals surface area contributed by atoms with E-state index in [9.17, 15) is 18.0 Å². The Balaban J connectivity index is 1.68. The zero-order valence-electron chi connectivity index (χ0n) is 17.4. The number of nitrogens with one attached hydrogen (secondary N) is 1. The molecular weight excluding hydrogens is 455 g/mol. The normalized spacial score (nSPS) is 12.0. The number of hydrogen-bond donors (Lipinski definition) is 1. The van der Waals surface area contributed by atoms with Crippen LogP contribution in [0.15, 0.2) is 47.5 Å². The highest BCUT2D eigenvalue weighted by atomic mass is 32.1. The summed E-state index contributed by atoms with van der Waals surface area (Å²) in [5.41, 5.74) is 0.719. The Kier molecular flexibility index (Phi) is 4.93. The summed E-state index contributed by atoms with van der Waals surface area (Å²) in [6.45, 7) is 2.00. The minimum Gasteiger partial charge on any atom is -0.496 e. The Morgan fingerprint density at radius 2 is 2.03 bits per heavy atom. The largest absolute Gasteiger partial charge is 0.496 e. The molecule has 0 atom stereocenters. The number of alkyl halides is 3. The summed E-state index contributed by atoms with van der Waals surface area (Å²) < 4.78 is 47.0. The van der Waals surface area contributed by atoms with Crippen molar-refractivity contribution in [3.63, 3.8) is 0 Å². The van der Waals surface area contributed by atoms with Crippen LogP contribution in [-0.2, 0) is 12.7 Å². The molecular formula is C22H16F3N5O2S. The number of thiophene rings is 1. The first-order chi connectivity index (χ1) is 15.7. The molecule has 0 aliphatic heterocycles. The fourth-order valence-corrected chi connectivity index (χ4v) is 4.81. The highest BCUT2D eigenvalue weighted by Crippen LogP contribution is 2.37. The summed E-state index contributed by atoms with van der Waals surface area (Å²) >= 11 is 0.900. The maximum atomic E-state index is 13.2. The quantitative estimate of drug-likeness (QED) is 0.408. The Morgan fingerprint density at radius 1 is 1.21 bits per heavy atom. The fraction of sp³-hybridized carbons (Fsp3) is 0.182. The maximum Gasteiger partial charge on any atom is 0.433 e. The van der Waals surface area contributed by atoms with E-state index < -0.39 is 17.4 Å². The van der Waals surface area contributed by atoms with Crippen molar-refractivity contribution in [1.82, 2.24) is 24.7 Å². The number of aryl methyl sites for hydroxylation is 1. The number of halogens is 3. The summed E-state index contributed by atoms with van der Waals surface area (Å²) in [6, 6.07) is 8.16. The molecule has 0 amide bonds. The lowest BCUT2D eigenvalue weighted by Gasteiger charge is -2.11. The van der Waals surface area contributed by atoms with Gasteiger partial charge in [0.1, 0.15) is 26.8 Å². The van der Waals surface area contributed by atoms with Gasteiger partial charge in [0.05, 0.1) is 19.2 Å². The van der Waals surface area contributed by atoms with Crippen LogP contribution in [-0.4, -0.2) is 31.8 Å². The third kappa shape index (κ3) is 3.74. The van der Waals surface area contributed by atoms with E-state index in [0.717, 1.165) is 23.0 Å². The van der Waals surface area contributed by atoms with Crippen molar-refractivity contribution in [2.45, 2.75) is 19.6 Å². The summed E-state index contributed by atoms with van der Waals surface area (Å²) in [5, 5.41) is 4.65. The molecule has 1 aromatic carbocycles. The molecule has 11 heteroatoms. The van der Waals surface area contributed by atoms with Crippen molar-refractivity contribution in [3.05, 3.63) is 69.9 Å². The number of benzene rings is 1. The van der Waals surface area contributed by atoms with Crippen LogP contribution < -0.4 is 10.3 Å². The first kappa shape index (κ1) is 21.1. The van der Waals surface area contributed by atoms with E-state index in [0.29, 0.717) is 40.1 Å². The lowest BCUT2D eigenvalue weighted by molar-refractivity contribution is -0.141. The molecule has 0 fully saturated rings. The van der Waals surface area contributed by atoms with E-state index >= 15 is 0 Å². The summed E-state index contributed by atoms with van der Waals surface area (Å²) in [7, 11) is 1.57. The molecule has 0 bridgehead atoms. The van der Waals surface area contributed by atoms with E-state index in [4.69, 9.17) is 4.74 Å². The molecule has 0 spiro atoms. The minimum atomic E-state index is -4.58. The highest BCUT2D eigenvalue weighted by Gasteiger charge is 2.33. The molecule has 0 unspecified atom stereocenters. The second-order valence-electron chi connectivity index (χ2n) is 7.43. The molecule has 168 valence electrons. The van der Waals surface area contributed by atoms with Gasteiger partial charge in [0.2, 0.25) is 0 Å². The molecule has 0 saturated heterocycles. The average Bonchev–Trinajstić information content (AvgIpc) is 3.41. The SMILES string of the molecule is COc1ccc(-c2nc3c(sc4nc(C(F)(F)F)cc(C)c43)c(=O)[nH]2)cc1Cn1cccn1. The van der Waals surface area contributed by atoms with Crippen molar-refractivity contribution in [2.75, 3.05) is 7.11 Å². The number of nitrogens with zero attached hydrogens (tertiary/aromatic N) is 4. The van der Waals surface area contributed by atoms with Gasteiger partial charge in [-0.2, -0.15) is 18.3 Å². The van der Waals surface area contributed by atoms with Gasteiger partial charge in [0, 0.05) is 28.9 Å². The maximum absolute atomic E-state index is 13.2. The highest BCUT2D eigenvalue weighted by molar-refractivity contribution is 7.25. The van der Waals surface area contributed by atoms with Gasteiger partial charge in [-0.1, -0.05) is 0 Å². The van der Waals surface area contributed by atoms with E-state index in [-0.39, 0.29) is 9.53 Å². The Bertz CT molecular complexity index is 1550. The smallest absolute Gasteiger partial charge is 0.433 e. The molecule has 0 radical (unpaired) electrons. The number of H-pyrrole nitrogens is 1. The lowest BCUT2D eigenvalue weighted by atomic mass is 10.1. The summed E-state index contributed by atoms with van der Waals surface area (Å²) in [5.74, 6) is 0.953. The lowest BCUT2D eigenvalue weighted by Crippen LogP contribution is -2.09. The second-order valence-corrected chi connectivity index (χ2v) is 8.43. The number of rotatable bonds is 4. The molecule has 0 aliphatic rings. The third-order valence-corrected chi connectivity index (χ3v) is 6.30. The summed E-state index contributed by atoms with van der Waals surface area (Å²) in [4.78, 5) is 24.1. The Morgan fingerprint density at radius 3 is 2.73 bits per heavy atom. The van der Waals surface area contributed by atoms with Gasteiger partial charge in [-0.3, -0.25) is 9.48 Å². The number of fused-ring (bicyclic) bond motifs is 3. The van der Waals surface area contributed by atoms with Crippen LogP contribution in [0.1, 0.15) is 16.8 Å². The van der Waals surface area contributed by atoms with Crippen LogP contribution in [0.4, 0.5) is 13.2 Å². The first-order valence-electron chi connectivity index (χ1n) is 9.80. The molecule has 33 heavy (non-hydrogen) atoms. The van der Waals surface area contributed by atoms with Crippen LogP contribution in [0.5, 0.6) is 5.75 Å². The topological polar surface area (TPSA) is 85.7 Å². The second kappa shape index (κ2) is 7.69. The fourth-order valence-electron chi connectivity index (χ4n) is 3.73. The van der Waals surface area contributed by atoms with E-state index in [1.165, 1.54) is 0 Å². The zero-order chi connectivity index (χ0) is 23.3. The molecule has 5 aromatic rings. The van der Waals surface area contributed by atoms with Gasteiger partial charge >= 0.3 is 6.18 Å². The van der Waals surface area contributed by atoms with Gasteiger partial charge in [0.25, 0.3) is 5.56 Å². The minimum absolute atomic E-state index is 0.126. The van der Waals surface area contributed by atoms with Crippen LogP contribution in [0.3, 0.4) is 0 Å². The average molecular weight is 471 g/mol. The molecule has 5 rings (SSSR count). The number of pyridine rings is 1. The predicted molar refractivity (Wildman–Crippen MR) is 119 cm³/mol. The van der Waals surface area contributed by atoms with Gasteiger partial charge in [-0.15, -0.1) is 11.3 Å². The van der Waals surface area contributed by atoms with Crippen LogP contribution in [0.2, 0.25) is 0 Å². The van der Waals surface area contributed by atoms with E-state index in [1.54, 1.807) is 37.0 Å². The predicted octanol–water partition coefficient (Wildman–Crippen LogP) is 4.78. The van der Waals surface area contributed by atoms with E-state index in [2.05, 4.69) is 20.1 Å². The molecule has 1 N–H and O–H groups in total. The van der Waals surface area contributed by atoms with Crippen molar-refractivity contribution >= 4 is 31.8 Å². The Hall–Kier alpha value is -3.73. The van der Waals surface area contributed by atoms with Crippen LogP contribution in [0.25, 0.3) is 31.8 Å². The van der Waals surface area contributed by atoms with Crippen molar-refractivity contribution in [2.24, 2.45) is 0 Å². The number of aromatic amines is 1. The molecule has 0 saturated carbocycles. The van der Waals surface area contributed by atoms with Gasteiger partial charge in [-0.05, 0) is 42.8 Å². The molecule has 4 aromatic heterocycles. The van der Waals surface area contributed by atoms with Gasteiger partial charge in [-0.25, -0.2) is 9.97 Å². The van der Waals surface area contributed by atoms with Crippen molar-refractivity contribution < 1.29 is 17.9 Å². The number of hydrogen-bond acceptors (Lipinski definition) is 6. The third-order valence-electron chi connectivity index (χ3n) is 5.23. The van der Waals surface area contributed by atoms with Crippen LogP contribution >= 0.6 is 11.3 Å². The van der Waals surface area contributed by atoms with Crippen molar-refractivity contribution in [3.8, 4) is 17.1 Å². The standard InChI is InChI=1S/C22H16F3N5O2S/c1-11-8-15(22(23,24)25)27-21-16(11)17-18(33-21)20(31)29-19(28-17)12-4-5-14(32-2)13(9-12)10-30-7-3-6-26-30/h3-9H,10H2,1-2H3,(H,28,29,31). The van der Waals surface area contributed by atoms with E-state index in [1.807, 2.05) is 18.3 Å². The van der Waals surface area contributed by atoms with Gasteiger partial charge < -0.3 is 9.72 Å². The van der Waals surface area contributed by atoms with Crippen LogP contribution in [0, 0.1) is 6.92 Å². The van der Waals surface area contributed by atoms with Gasteiger partial charge in [0.15, 0.2) is 0 Å². The molecule has 4 heterocycles. The Labute approximate surface area is 188 Å². The summed E-state index contributed by atoms with van der Waals surface area (Å²) in [6.07, 6.45) is -1.08. The number of ether oxygens (including phenoxy) is 1. The zero-order valence-corrected chi connectivity index (χ0v) is 18.2.